The van der Waals surface area contributed by atoms with Crippen LogP contribution in [0.3, 0.4) is 0 Å². The summed E-state index contributed by atoms with van der Waals surface area (Å²) < 4.78 is 1.03. The quantitative estimate of drug-likeness (QED) is 0.673. The number of thiophene rings is 1. The molecule has 3 aliphatic rings. The van der Waals surface area contributed by atoms with Crippen molar-refractivity contribution in [3.63, 3.8) is 0 Å². The fraction of sp³-hybridized carbons (Fsp3) is 0.389. The van der Waals surface area contributed by atoms with Gasteiger partial charge < -0.3 is 10.2 Å². The minimum Gasteiger partial charge on any atom is -0.347 e. The molecule has 1 amide bonds. The van der Waals surface area contributed by atoms with Crippen molar-refractivity contribution in [2.45, 2.75) is 28.0 Å². The first-order valence-electron chi connectivity index (χ1n) is 8.35. The second kappa shape index (κ2) is 8.72. The maximum absolute atomic E-state index is 12.6. The van der Waals surface area contributed by atoms with Crippen molar-refractivity contribution >= 4 is 64.6 Å². The molecule has 1 aromatic carbocycles. The van der Waals surface area contributed by atoms with Crippen molar-refractivity contribution < 1.29 is 4.79 Å². The number of nitrogens with one attached hydrogen (secondary N) is 1. The summed E-state index contributed by atoms with van der Waals surface area (Å²) in [6, 6.07) is 9.74. The molecule has 2 aromatic rings. The topological polar surface area (TPSA) is 32.3 Å². The molecule has 2 bridgehead atoms. The number of amides is 1. The summed E-state index contributed by atoms with van der Waals surface area (Å²) >= 11 is 15.3. The Bertz CT molecular complexity index is 790. The van der Waals surface area contributed by atoms with E-state index >= 15 is 0 Å². The van der Waals surface area contributed by atoms with Crippen molar-refractivity contribution in [2.75, 3.05) is 19.6 Å². The first kappa shape index (κ1) is 20.3. The monoisotopic (exact) mass is 448 g/mol. The largest absolute Gasteiger partial charge is 0.347 e. The van der Waals surface area contributed by atoms with Gasteiger partial charge in [-0.3, -0.25) is 4.79 Å². The van der Waals surface area contributed by atoms with Crippen LogP contribution in [-0.4, -0.2) is 36.5 Å². The highest BCUT2D eigenvalue weighted by atomic mass is 35.5. The number of piperidine rings is 3. The molecule has 1 N–H and O–H groups in total. The summed E-state index contributed by atoms with van der Waals surface area (Å²) in [7, 11) is 0. The summed E-state index contributed by atoms with van der Waals surface area (Å²) in [5.74, 6) is 0.667. The van der Waals surface area contributed by atoms with E-state index in [1.54, 1.807) is 6.07 Å². The molecule has 0 saturated carbocycles. The minimum atomic E-state index is 0. The van der Waals surface area contributed by atoms with Crippen molar-refractivity contribution in [3.05, 3.63) is 45.3 Å². The molecule has 3 aliphatic heterocycles. The summed E-state index contributed by atoms with van der Waals surface area (Å²) in [5, 5.41) is 4.34. The van der Waals surface area contributed by atoms with E-state index in [9.17, 15) is 4.79 Å². The molecule has 0 radical (unpaired) electrons. The van der Waals surface area contributed by atoms with Crippen molar-refractivity contribution in [1.82, 2.24) is 10.2 Å². The fourth-order valence-corrected chi connectivity index (χ4v) is 6.05. The molecule has 140 valence electrons. The lowest BCUT2D eigenvalue weighted by atomic mass is 9.84. The third-order valence-corrected chi connectivity index (χ3v) is 8.11. The standard InChI is InChI=1S/C18H18Cl2N2OS2.ClH/c19-12-2-1-3-14(17(12)20)24-16-5-4-15(25-16)18(23)21-13-10-22-8-6-11(13)7-9-22;/h1-5,11,13H,6-10H2,(H,21,23);1H/t13-;/m0./s1. The molecular weight excluding hydrogens is 431 g/mol. The molecule has 0 spiro atoms. The van der Waals surface area contributed by atoms with Crippen LogP contribution in [0.25, 0.3) is 0 Å². The number of hydrogen-bond donors (Lipinski definition) is 1. The van der Waals surface area contributed by atoms with Crippen molar-refractivity contribution in [2.24, 2.45) is 5.92 Å². The molecule has 3 fully saturated rings. The van der Waals surface area contributed by atoms with E-state index < -0.39 is 0 Å². The van der Waals surface area contributed by atoms with Gasteiger partial charge in [-0.2, -0.15) is 0 Å². The highest BCUT2D eigenvalue weighted by molar-refractivity contribution is 8.01. The Morgan fingerprint density at radius 3 is 2.65 bits per heavy atom. The number of fused-ring (bicyclic) bond motifs is 3. The van der Waals surface area contributed by atoms with Gasteiger partial charge in [-0.1, -0.05) is 41.0 Å². The fourth-order valence-electron chi connectivity index (χ4n) is 3.54. The number of hydrogen-bond acceptors (Lipinski definition) is 4. The van der Waals surface area contributed by atoms with E-state index in [-0.39, 0.29) is 24.4 Å². The first-order valence-corrected chi connectivity index (χ1v) is 10.7. The normalized spacial score (nSPS) is 24.2. The second-order valence-corrected chi connectivity index (χ2v) is 9.70. The zero-order valence-corrected chi connectivity index (χ0v) is 17.9. The maximum atomic E-state index is 12.6. The molecule has 8 heteroatoms. The van der Waals surface area contributed by atoms with Crippen LogP contribution in [0.15, 0.2) is 39.4 Å². The lowest BCUT2D eigenvalue weighted by Gasteiger charge is -2.44. The molecule has 5 rings (SSSR count). The number of carbonyl (C=O) groups is 1. The predicted octanol–water partition coefficient (Wildman–Crippen LogP) is 5.45. The Labute approximate surface area is 177 Å². The number of carbonyl (C=O) groups excluding carboxylic acids is 1. The van der Waals surface area contributed by atoms with Gasteiger partial charge >= 0.3 is 0 Å². The zero-order valence-electron chi connectivity index (χ0n) is 13.9. The van der Waals surface area contributed by atoms with E-state index in [4.69, 9.17) is 23.2 Å². The van der Waals surface area contributed by atoms with Crippen LogP contribution in [0.5, 0.6) is 0 Å². The Morgan fingerprint density at radius 2 is 1.96 bits per heavy atom. The molecule has 3 saturated heterocycles. The smallest absolute Gasteiger partial charge is 0.261 e. The molecule has 4 heterocycles. The van der Waals surface area contributed by atoms with Gasteiger partial charge in [0.1, 0.15) is 0 Å². The van der Waals surface area contributed by atoms with E-state index in [0.717, 1.165) is 20.5 Å². The first-order chi connectivity index (χ1) is 12.1. The molecule has 0 aliphatic carbocycles. The minimum absolute atomic E-state index is 0. The Balaban J connectivity index is 0.00000196. The second-order valence-electron chi connectivity index (χ2n) is 6.49. The molecule has 26 heavy (non-hydrogen) atoms. The molecule has 0 unspecified atom stereocenters. The van der Waals surface area contributed by atoms with Gasteiger partial charge in [-0.25, -0.2) is 0 Å². The van der Waals surface area contributed by atoms with Gasteiger partial charge in [0.25, 0.3) is 5.91 Å². The van der Waals surface area contributed by atoms with Crippen molar-refractivity contribution in [3.8, 4) is 0 Å². The lowest BCUT2D eigenvalue weighted by molar-refractivity contribution is 0.0622. The molecule has 1 aromatic heterocycles. The van der Waals surface area contributed by atoms with Crippen LogP contribution in [0.1, 0.15) is 22.5 Å². The van der Waals surface area contributed by atoms with Crippen LogP contribution in [0.4, 0.5) is 0 Å². The molecule has 3 nitrogen and oxygen atoms in total. The maximum Gasteiger partial charge on any atom is 0.261 e. The predicted molar refractivity (Wildman–Crippen MR) is 113 cm³/mol. The number of rotatable bonds is 4. The van der Waals surface area contributed by atoms with E-state index in [1.165, 1.54) is 49.0 Å². The Hall–Kier alpha value is -0.430. The van der Waals surface area contributed by atoms with Crippen LogP contribution in [0.2, 0.25) is 10.0 Å². The van der Waals surface area contributed by atoms with Gasteiger partial charge in [0, 0.05) is 17.5 Å². The summed E-state index contributed by atoms with van der Waals surface area (Å²) in [6.45, 7) is 3.34. The number of benzene rings is 1. The van der Waals surface area contributed by atoms with Crippen LogP contribution < -0.4 is 5.32 Å². The summed E-state index contributed by atoms with van der Waals surface area (Å²) in [4.78, 5) is 16.7. The third-order valence-electron chi connectivity index (χ3n) is 4.90. The third kappa shape index (κ3) is 4.34. The Morgan fingerprint density at radius 1 is 1.19 bits per heavy atom. The van der Waals surface area contributed by atoms with Gasteiger partial charge in [0.2, 0.25) is 0 Å². The average molecular weight is 450 g/mol. The van der Waals surface area contributed by atoms with Crippen LogP contribution in [-0.2, 0) is 0 Å². The number of halogens is 3. The van der Waals surface area contributed by atoms with Gasteiger partial charge in [-0.05, 0) is 56.1 Å². The number of nitrogens with zero attached hydrogens (tertiary/aromatic N) is 1. The summed E-state index contributed by atoms with van der Waals surface area (Å²) in [5.41, 5.74) is 0. The molecular formula is C18H19Cl3N2OS2. The van der Waals surface area contributed by atoms with Crippen LogP contribution >= 0.6 is 58.7 Å². The average Bonchev–Trinajstić information content (AvgIpc) is 3.09. The molecule has 1 atom stereocenters. The van der Waals surface area contributed by atoms with Crippen LogP contribution in [0, 0.1) is 5.92 Å². The lowest BCUT2D eigenvalue weighted by Crippen LogP contribution is -2.57. The zero-order chi connectivity index (χ0) is 17.4. The summed E-state index contributed by atoms with van der Waals surface area (Å²) in [6.07, 6.45) is 2.40. The van der Waals surface area contributed by atoms with E-state index in [0.29, 0.717) is 16.0 Å². The SMILES string of the molecule is Cl.O=C(N[C@H]1CN2CCC1CC2)c1ccc(Sc2cccc(Cl)c2Cl)s1. The highest BCUT2D eigenvalue weighted by Gasteiger charge is 2.35. The van der Waals surface area contributed by atoms with E-state index in [2.05, 4.69) is 10.2 Å². The Kier molecular flexibility index (Phi) is 6.81. The van der Waals surface area contributed by atoms with Gasteiger partial charge in [0.05, 0.1) is 19.1 Å². The van der Waals surface area contributed by atoms with Gasteiger partial charge in [0.15, 0.2) is 0 Å². The highest BCUT2D eigenvalue weighted by Crippen LogP contribution is 2.39. The van der Waals surface area contributed by atoms with E-state index in [1.807, 2.05) is 24.3 Å². The van der Waals surface area contributed by atoms with Crippen molar-refractivity contribution in [1.29, 1.82) is 0 Å². The van der Waals surface area contributed by atoms with Gasteiger partial charge in [-0.15, -0.1) is 23.7 Å².